The lowest BCUT2D eigenvalue weighted by molar-refractivity contribution is -0.132. The molecule has 7 nitrogen and oxygen atoms in total. The summed E-state index contributed by atoms with van der Waals surface area (Å²) in [5.41, 5.74) is 0.578. The van der Waals surface area contributed by atoms with Crippen LogP contribution in [-0.4, -0.2) is 58.6 Å². The molecule has 1 spiro atoms. The molecule has 2 bridgehead atoms. The Bertz CT molecular complexity index is 1130. The van der Waals surface area contributed by atoms with E-state index in [0.717, 1.165) is 30.6 Å². The zero-order chi connectivity index (χ0) is 28.1. The van der Waals surface area contributed by atoms with E-state index in [2.05, 4.69) is 47.7 Å². The number of rotatable bonds is 10. The van der Waals surface area contributed by atoms with Gasteiger partial charge < -0.3 is 13.9 Å². The second kappa shape index (κ2) is 10.2. The van der Waals surface area contributed by atoms with Crippen LogP contribution in [-0.2, 0) is 30.6 Å². The predicted octanol–water partition coefficient (Wildman–Crippen LogP) is 5.75. The zero-order valence-corrected chi connectivity index (χ0v) is 26.3. The van der Waals surface area contributed by atoms with Crippen molar-refractivity contribution < 1.29 is 27.1 Å². The number of amides is 1. The molecule has 1 aromatic carbocycles. The van der Waals surface area contributed by atoms with E-state index in [-0.39, 0.29) is 40.0 Å². The van der Waals surface area contributed by atoms with Gasteiger partial charge in [-0.15, -0.1) is 0 Å². The van der Waals surface area contributed by atoms with Gasteiger partial charge in [0.25, 0.3) is 0 Å². The largest absolute Gasteiger partial charge is 0.497 e. The van der Waals surface area contributed by atoms with E-state index in [4.69, 9.17) is 13.9 Å². The third-order valence-electron chi connectivity index (χ3n) is 10.4. The maximum absolute atomic E-state index is 13.7. The second-order valence-electron chi connectivity index (χ2n) is 13.7. The molecule has 2 unspecified atom stereocenters. The van der Waals surface area contributed by atoms with Gasteiger partial charge in [-0.2, -0.15) is 0 Å². The Balaban J connectivity index is 1.48. The van der Waals surface area contributed by atoms with Crippen LogP contribution in [0.1, 0.15) is 72.3 Å². The molecule has 38 heavy (non-hydrogen) atoms. The lowest BCUT2D eigenvalue weighted by Crippen LogP contribution is -2.45. The highest BCUT2D eigenvalue weighted by Gasteiger charge is 2.72. The van der Waals surface area contributed by atoms with E-state index in [1.54, 1.807) is 7.11 Å². The number of ether oxygens (including phenoxy) is 2. The highest BCUT2D eigenvalue weighted by Crippen LogP contribution is 2.70. The van der Waals surface area contributed by atoms with Gasteiger partial charge in [0.2, 0.25) is 15.9 Å². The number of hydrogen-bond acceptors (Lipinski definition) is 6. The first kappa shape index (κ1) is 29.6. The van der Waals surface area contributed by atoms with Crippen LogP contribution < -0.4 is 4.74 Å². The molecule has 2 aliphatic carbocycles. The molecule has 9 heteroatoms. The fourth-order valence-electron chi connectivity index (χ4n) is 6.74. The summed E-state index contributed by atoms with van der Waals surface area (Å²) in [4.78, 5) is 13.7. The Kier molecular flexibility index (Phi) is 7.93. The van der Waals surface area contributed by atoms with Gasteiger partial charge in [-0.05, 0) is 72.8 Å². The summed E-state index contributed by atoms with van der Waals surface area (Å²) in [6.07, 6.45) is 2.85. The van der Waals surface area contributed by atoms with E-state index >= 15 is 0 Å². The maximum atomic E-state index is 13.7. The van der Waals surface area contributed by atoms with Gasteiger partial charge in [-0.25, -0.2) is 12.7 Å². The first-order chi connectivity index (χ1) is 17.5. The van der Waals surface area contributed by atoms with E-state index in [0.29, 0.717) is 25.6 Å². The van der Waals surface area contributed by atoms with Crippen LogP contribution in [0.25, 0.3) is 0 Å². The van der Waals surface area contributed by atoms with Crippen molar-refractivity contribution in [1.29, 1.82) is 0 Å². The molecule has 214 valence electrons. The van der Waals surface area contributed by atoms with E-state index in [1.807, 2.05) is 24.3 Å². The minimum absolute atomic E-state index is 0.0356. The molecule has 3 aliphatic rings. The Morgan fingerprint density at radius 3 is 2.42 bits per heavy atom. The predicted molar refractivity (Wildman–Crippen MR) is 152 cm³/mol. The minimum atomic E-state index is -3.65. The maximum Gasteiger partial charge on any atom is 0.238 e. The van der Waals surface area contributed by atoms with Crippen LogP contribution in [0.2, 0.25) is 18.1 Å². The molecule has 4 atom stereocenters. The fraction of sp³-hybridized carbons (Fsp3) is 0.759. The van der Waals surface area contributed by atoms with Crippen LogP contribution in [0.3, 0.4) is 0 Å². The molecule has 3 fully saturated rings. The van der Waals surface area contributed by atoms with Gasteiger partial charge in [0.05, 0.1) is 38.0 Å². The van der Waals surface area contributed by atoms with E-state index in [1.165, 1.54) is 4.31 Å². The summed E-state index contributed by atoms with van der Waals surface area (Å²) >= 11 is 0. The third kappa shape index (κ3) is 5.20. The van der Waals surface area contributed by atoms with Gasteiger partial charge in [0, 0.05) is 12.0 Å². The normalized spacial score (nSPS) is 28.4. The van der Waals surface area contributed by atoms with Gasteiger partial charge >= 0.3 is 0 Å². The Morgan fingerprint density at radius 2 is 1.84 bits per heavy atom. The van der Waals surface area contributed by atoms with Crippen molar-refractivity contribution in [2.45, 2.75) is 104 Å². The van der Waals surface area contributed by atoms with Crippen molar-refractivity contribution >= 4 is 24.2 Å². The van der Waals surface area contributed by atoms with Crippen molar-refractivity contribution in [2.75, 3.05) is 19.5 Å². The van der Waals surface area contributed by atoms with Crippen LogP contribution in [0.4, 0.5) is 0 Å². The molecule has 1 heterocycles. The standard InChI is InChI=1S/C29H47NO6SSi/c1-27(2,3)38(7,8)36-16-14-24(35-19-21-9-11-23(34-6)12-10-21)18-26(31)30-25-17-22-13-15-29(25,28(22,4)5)20-37(30,32)33/h9-12,22,24-25H,13-20H2,1-8H3/t22?,24-,25?,29-/m1/s1. The number of carbonyl (C=O) groups is 1. The van der Waals surface area contributed by atoms with Gasteiger partial charge in [-0.3, -0.25) is 4.79 Å². The average molecular weight is 566 g/mol. The van der Waals surface area contributed by atoms with E-state index < -0.39 is 24.4 Å². The summed E-state index contributed by atoms with van der Waals surface area (Å²) in [6, 6.07) is 7.42. The van der Waals surface area contributed by atoms with Gasteiger partial charge in [0.1, 0.15) is 5.75 Å². The number of methoxy groups -OCH3 is 1. The molecule has 1 saturated heterocycles. The van der Waals surface area contributed by atoms with Crippen LogP contribution >= 0.6 is 0 Å². The molecule has 4 rings (SSSR count). The number of sulfonamides is 1. The van der Waals surface area contributed by atoms with Crippen molar-refractivity contribution in [2.24, 2.45) is 16.7 Å². The summed E-state index contributed by atoms with van der Waals surface area (Å²) < 4.78 is 46.0. The van der Waals surface area contributed by atoms with Crippen molar-refractivity contribution in [3.8, 4) is 5.75 Å². The van der Waals surface area contributed by atoms with Crippen molar-refractivity contribution in [1.82, 2.24) is 4.31 Å². The van der Waals surface area contributed by atoms with Gasteiger partial charge in [-0.1, -0.05) is 46.8 Å². The highest BCUT2D eigenvalue weighted by atomic mass is 32.2. The first-order valence-corrected chi connectivity index (χ1v) is 18.5. The molecule has 0 aromatic heterocycles. The van der Waals surface area contributed by atoms with Crippen molar-refractivity contribution in [3.05, 3.63) is 29.8 Å². The Hall–Kier alpha value is -1.42. The molecular formula is C29H47NO6SSi. The number of fused-ring (bicyclic) bond motifs is 1. The summed E-state index contributed by atoms with van der Waals surface area (Å²) in [7, 11) is -3.99. The smallest absolute Gasteiger partial charge is 0.238 e. The quantitative estimate of drug-likeness (QED) is 0.336. The fourth-order valence-corrected chi connectivity index (χ4v) is 10.4. The summed E-state index contributed by atoms with van der Waals surface area (Å²) in [5.74, 6) is 0.997. The average Bonchev–Trinajstić information content (AvgIpc) is 3.30. The van der Waals surface area contributed by atoms with Gasteiger partial charge in [0.15, 0.2) is 8.32 Å². The lowest BCUT2D eigenvalue weighted by atomic mass is 9.69. The Morgan fingerprint density at radius 1 is 1.18 bits per heavy atom. The lowest BCUT2D eigenvalue weighted by Gasteiger charge is -2.37. The topological polar surface area (TPSA) is 82.1 Å². The first-order valence-electron chi connectivity index (χ1n) is 14.0. The number of hydrogen-bond donors (Lipinski definition) is 0. The highest BCUT2D eigenvalue weighted by molar-refractivity contribution is 7.90. The monoisotopic (exact) mass is 565 g/mol. The third-order valence-corrected chi connectivity index (χ3v) is 16.9. The number of carbonyl (C=O) groups excluding carboxylic acids is 1. The molecule has 1 aliphatic heterocycles. The SMILES string of the molecule is COc1ccc(CO[C@H](CCO[Si](C)(C)C(C)(C)C)CC(=O)N2C3CC4CC[C@]3(CS2(=O)=O)C4(C)C)cc1. The Labute approximate surface area is 230 Å². The minimum Gasteiger partial charge on any atom is -0.497 e. The summed E-state index contributed by atoms with van der Waals surface area (Å²) in [5, 5.41) is 0.0782. The summed E-state index contributed by atoms with van der Waals surface area (Å²) in [6.45, 7) is 16.2. The van der Waals surface area contributed by atoms with Crippen LogP contribution in [0, 0.1) is 16.7 Å². The second-order valence-corrected chi connectivity index (χ2v) is 20.3. The zero-order valence-electron chi connectivity index (χ0n) is 24.5. The molecule has 0 N–H and O–H groups in total. The van der Waals surface area contributed by atoms with Crippen molar-refractivity contribution in [3.63, 3.8) is 0 Å². The molecule has 0 radical (unpaired) electrons. The molecule has 2 saturated carbocycles. The molecular weight excluding hydrogens is 518 g/mol. The molecule has 1 amide bonds. The van der Waals surface area contributed by atoms with Crippen LogP contribution in [0.15, 0.2) is 24.3 Å². The van der Waals surface area contributed by atoms with Crippen LogP contribution in [0.5, 0.6) is 5.75 Å². The van der Waals surface area contributed by atoms with E-state index in [9.17, 15) is 13.2 Å². The number of benzene rings is 1. The number of nitrogens with zero attached hydrogens (tertiary/aromatic N) is 1. The molecule has 1 aromatic rings.